The molecular formula is C8H14F3NOS. The predicted octanol–water partition coefficient (Wildman–Crippen LogP) is 2.16. The zero-order chi connectivity index (χ0) is 11.6. The molecule has 0 aliphatic heterocycles. The van der Waals surface area contributed by atoms with Crippen LogP contribution in [0.15, 0.2) is 12.7 Å². The monoisotopic (exact) mass is 229 g/mol. The Kier molecular flexibility index (Phi) is 4.33. The minimum absolute atomic E-state index is 0.698. The Morgan fingerprint density at radius 3 is 2.00 bits per heavy atom. The minimum atomic E-state index is -4.46. The van der Waals surface area contributed by atoms with Crippen molar-refractivity contribution in [3.05, 3.63) is 12.7 Å². The summed E-state index contributed by atoms with van der Waals surface area (Å²) in [7, 11) is -1.76. The quantitative estimate of drug-likeness (QED) is 0.738. The second-order valence-electron chi connectivity index (χ2n) is 3.75. The number of halogens is 3. The van der Waals surface area contributed by atoms with Gasteiger partial charge < -0.3 is 0 Å². The molecule has 2 atom stereocenters. The first kappa shape index (κ1) is 13.6. The second-order valence-corrected chi connectivity index (χ2v) is 5.75. The molecule has 0 spiro atoms. The molecule has 0 aromatic rings. The van der Waals surface area contributed by atoms with Crippen LogP contribution in [0.3, 0.4) is 0 Å². The van der Waals surface area contributed by atoms with Gasteiger partial charge in [-0.3, -0.25) is 0 Å². The van der Waals surface area contributed by atoms with Crippen LogP contribution < -0.4 is 4.72 Å². The van der Waals surface area contributed by atoms with Crippen LogP contribution in [0.5, 0.6) is 0 Å². The zero-order valence-electron chi connectivity index (χ0n) is 8.31. The maximum absolute atomic E-state index is 12.2. The summed E-state index contributed by atoms with van der Waals surface area (Å²) >= 11 is 0. The van der Waals surface area contributed by atoms with Gasteiger partial charge in [0.1, 0.15) is 6.04 Å². The maximum Gasteiger partial charge on any atom is 0.408 e. The van der Waals surface area contributed by atoms with E-state index in [1.807, 2.05) is 4.72 Å². The Labute approximate surface area is 84.2 Å². The van der Waals surface area contributed by atoms with Gasteiger partial charge in [0, 0.05) is 0 Å². The van der Waals surface area contributed by atoms with Gasteiger partial charge in [-0.25, -0.2) is 8.93 Å². The van der Waals surface area contributed by atoms with Crippen molar-refractivity contribution in [1.82, 2.24) is 4.72 Å². The molecule has 2 nitrogen and oxygen atoms in total. The fourth-order valence-electron chi connectivity index (χ4n) is 0.541. The van der Waals surface area contributed by atoms with Crippen LogP contribution in [0.1, 0.15) is 20.8 Å². The molecule has 0 bridgehead atoms. The highest BCUT2D eigenvalue weighted by Gasteiger charge is 2.39. The molecule has 1 N–H and O–H groups in total. The van der Waals surface area contributed by atoms with Gasteiger partial charge in [0.05, 0.1) is 15.7 Å². The average Bonchev–Trinajstić information content (AvgIpc) is 1.95. The molecule has 6 heteroatoms. The molecule has 84 valence electrons. The van der Waals surface area contributed by atoms with E-state index >= 15 is 0 Å². The van der Waals surface area contributed by atoms with Gasteiger partial charge >= 0.3 is 6.18 Å². The van der Waals surface area contributed by atoms with Crippen LogP contribution in [0.4, 0.5) is 13.2 Å². The summed E-state index contributed by atoms with van der Waals surface area (Å²) in [6.45, 7) is 7.82. The highest BCUT2D eigenvalue weighted by atomic mass is 32.2. The lowest BCUT2D eigenvalue weighted by atomic mass is 10.3. The molecule has 0 radical (unpaired) electrons. The zero-order valence-corrected chi connectivity index (χ0v) is 9.13. The molecule has 0 fully saturated rings. The molecule has 0 amide bonds. The number of alkyl halides is 3. The summed E-state index contributed by atoms with van der Waals surface area (Å²) in [4.78, 5) is 0. The lowest BCUT2D eigenvalue weighted by molar-refractivity contribution is -0.140. The molecule has 0 saturated heterocycles. The van der Waals surface area contributed by atoms with E-state index < -0.39 is 28.0 Å². The summed E-state index contributed by atoms with van der Waals surface area (Å²) in [6.07, 6.45) is -3.76. The third-order valence-corrected chi connectivity index (χ3v) is 2.96. The number of rotatable bonds is 3. The Morgan fingerprint density at radius 1 is 1.36 bits per heavy atom. The normalized spacial score (nSPS) is 17.6. The van der Waals surface area contributed by atoms with Gasteiger partial charge in [-0.15, -0.1) is 6.58 Å². The molecule has 0 saturated carbocycles. The van der Waals surface area contributed by atoms with Crippen LogP contribution in [0.2, 0.25) is 0 Å². The molecule has 0 heterocycles. The Morgan fingerprint density at radius 2 is 1.79 bits per heavy atom. The van der Waals surface area contributed by atoms with Gasteiger partial charge in [-0.2, -0.15) is 13.2 Å². The number of hydrogen-bond acceptors (Lipinski definition) is 1. The second kappa shape index (κ2) is 4.44. The third kappa shape index (κ3) is 4.23. The van der Waals surface area contributed by atoms with Crippen LogP contribution in [-0.4, -0.2) is 21.2 Å². The van der Waals surface area contributed by atoms with Crippen molar-refractivity contribution >= 4 is 11.0 Å². The smallest absolute Gasteiger partial charge is 0.242 e. The van der Waals surface area contributed by atoms with Crippen molar-refractivity contribution in [2.75, 3.05) is 0 Å². The van der Waals surface area contributed by atoms with Crippen LogP contribution >= 0.6 is 0 Å². The molecule has 0 aromatic heterocycles. The van der Waals surface area contributed by atoms with Crippen LogP contribution in [-0.2, 0) is 11.0 Å². The Hall–Kier alpha value is -0.360. The van der Waals surface area contributed by atoms with Crippen molar-refractivity contribution in [1.29, 1.82) is 0 Å². The standard InChI is InChI=1S/C8H14F3NOS/c1-5-6(8(9,10)11)12-14(13)7(2,3)4/h5-6,12H,1H2,2-4H3/t6-,14-/m1/s1. The predicted molar refractivity (Wildman–Crippen MR) is 51.1 cm³/mol. The first-order valence-electron chi connectivity index (χ1n) is 3.96. The SMILES string of the molecule is C=C[C@@H](N[S@](=O)C(C)(C)C)C(F)(F)F. The van der Waals surface area contributed by atoms with Gasteiger partial charge in [0.2, 0.25) is 0 Å². The van der Waals surface area contributed by atoms with E-state index in [-0.39, 0.29) is 0 Å². The lowest BCUT2D eigenvalue weighted by Crippen LogP contribution is -2.46. The first-order chi connectivity index (χ1) is 6.09. The Balaban J connectivity index is 4.51. The first-order valence-corrected chi connectivity index (χ1v) is 5.11. The summed E-state index contributed by atoms with van der Waals surface area (Å²) in [6, 6.07) is -1.93. The topological polar surface area (TPSA) is 29.1 Å². The molecule has 14 heavy (non-hydrogen) atoms. The van der Waals surface area contributed by atoms with Gasteiger partial charge in [-0.1, -0.05) is 6.08 Å². The van der Waals surface area contributed by atoms with E-state index in [2.05, 4.69) is 6.58 Å². The maximum atomic E-state index is 12.2. The fourth-order valence-corrected chi connectivity index (χ4v) is 1.35. The molecule has 0 aliphatic rings. The van der Waals surface area contributed by atoms with E-state index in [1.165, 1.54) is 0 Å². The summed E-state index contributed by atoms with van der Waals surface area (Å²) in [5.74, 6) is 0. The lowest BCUT2D eigenvalue weighted by Gasteiger charge is -2.23. The summed E-state index contributed by atoms with van der Waals surface area (Å²) < 4.78 is 49.2. The molecule has 0 rings (SSSR count). The largest absolute Gasteiger partial charge is 0.408 e. The minimum Gasteiger partial charge on any atom is -0.242 e. The van der Waals surface area contributed by atoms with Crippen molar-refractivity contribution in [3.8, 4) is 0 Å². The van der Waals surface area contributed by atoms with E-state index in [1.54, 1.807) is 20.8 Å². The third-order valence-electron chi connectivity index (χ3n) is 1.38. The van der Waals surface area contributed by atoms with Crippen molar-refractivity contribution in [2.45, 2.75) is 37.7 Å². The molecule has 0 aromatic carbocycles. The van der Waals surface area contributed by atoms with Crippen molar-refractivity contribution in [3.63, 3.8) is 0 Å². The molecule has 0 aliphatic carbocycles. The number of hydrogen-bond donors (Lipinski definition) is 1. The van der Waals surface area contributed by atoms with Gasteiger partial charge in [0.25, 0.3) is 0 Å². The van der Waals surface area contributed by atoms with E-state index in [4.69, 9.17) is 0 Å². The van der Waals surface area contributed by atoms with Crippen molar-refractivity contribution in [2.24, 2.45) is 0 Å². The van der Waals surface area contributed by atoms with Crippen LogP contribution in [0.25, 0.3) is 0 Å². The van der Waals surface area contributed by atoms with Crippen molar-refractivity contribution < 1.29 is 17.4 Å². The number of nitrogens with one attached hydrogen (secondary N) is 1. The molecular weight excluding hydrogens is 215 g/mol. The van der Waals surface area contributed by atoms with Gasteiger partial charge in [0.15, 0.2) is 0 Å². The fraction of sp³-hybridized carbons (Fsp3) is 0.750. The van der Waals surface area contributed by atoms with E-state index in [0.29, 0.717) is 6.08 Å². The molecule has 0 unspecified atom stereocenters. The van der Waals surface area contributed by atoms with Gasteiger partial charge in [-0.05, 0) is 20.8 Å². The summed E-state index contributed by atoms with van der Waals surface area (Å²) in [5, 5.41) is 0. The van der Waals surface area contributed by atoms with E-state index in [9.17, 15) is 17.4 Å². The highest BCUT2D eigenvalue weighted by Crippen LogP contribution is 2.22. The Bertz CT molecular complexity index is 232. The average molecular weight is 229 g/mol. The van der Waals surface area contributed by atoms with E-state index in [0.717, 1.165) is 0 Å². The highest BCUT2D eigenvalue weighted by molar-refractivity contribution is 7.84. The summed E-state index contributed by atoms with van der Waals surface area (Å²) in [5.41, 5.74) is 0. The van der Waals surface area contributed by atoms with Crippen LogP contribution in [0, 0.1) is 0 Å².